The number of ether oxygens (including phenoxy) is 1. The maximum atomic E-state index is 5.22. The fourth-order valence-corrected chi connectivity index (χ4v) is 1.47. The molecule has 0 atom stereocenters. The summed E-state index contributed by atoms with van der Waals surface area (Å²) in [6, 6.07) is 0. The van der Waals surface area contributed by atoms with Crippen LogP contribution in [-0.4, -0.2) is 28.2 Å². The summed E-state index contributed by atoms with van der Waals surface area (Å²) in [7, 11) is 1.89. The number of aromatic nitrogens is 3. The van der Waals surface area contributed by atoms with Gasteiger partial charge >= 0.3 is 0 Å². The van der Waals surface area contributed by atoms with Crippen LogP contribution in [0.3, 0.4) is 0 Å². The summed E-state index contributed by atoms with van der Waals surface area (Å²) in [5.74, 6) is 0. The van der Waals surface area contributed by atoms with Crippen LogP contribution in [0.15, 0.2) is 6.20 Å². The summed E-state index contributed by atoms with van der Waals surface area (Å²) >= 11 is 0. The van der Waals surface area contributed by atoms with E-state index in [9.17, 15) is 0 Å². The Bertz CT molecular complexity index is 272. The number of hydrogen-bond donors (Lipinski definition) is 0. The zero-order valence-corrected chi connectivity index (χ0v) is 7.45. The first-order valence-electron chi connectivity index (χ1n) is 4.21. The molecule has 4 heteroatoms. The van der Waals surface area contributed by atoms with Gasteiger partial charge in [-0.05, 0) is 6.42 Å². The summed E-state index contributed by atoms with van der Waals surface area (Å²) in [6.07, 6.45) is 3.05. The minimum Gasteiger partial charge on any atom is -0.379 e. The Hall–Kier alpha value is -0.900. The summed E-state index contributed by atoms with van der Waals surface area (Å²) in [4.78, 5) is 0. The van der Waals surface area contributed by atoms with Crippen molar-refractivity contribution < 1.29 is 4.74 Å². The molecule has 12 heavy (non-hydrogen) atoms. The Kier molecular flexibility index (Phi) is 1.65. The Balaban J connectivity index is 2.27. The highest BCUT2D eigenvalue weighted by atomic mass is 16.5. The molecule has 0 unspecified atom stereocenters. The van der Waals surface area contributed by atoms with Crippen molar-refractivity contribution in [3.05, 3.63) is 11.9 Å². The average molecular weight is 167 g/mol. The normalized spacial score (nSPS) is 20.5. The number of aryl methyl sites for hydroxylation is 1. The molecule has 2 heterocycles. The van der Waals surface area contributed by atoms with E-state index in [1.807, 2.05) is 13.2 Å². The summed E-state index contributed by atoms with van der Waals surface area (Å²) in [5, 5.41) is 8.04. The van der Waals surface area contributed by atoms with Crippen LogP contribution in [0.5, 0.6) is 0 Å². The van der Waals surface area contributed by atoms with Crippen molar-refractivity contribution in [2.75, 3.05) is 13.2 Å². The van der Waals surface area contributed by atoms with Crippen LogP contribution >= 0.6 is 0 Å². The van der Waals surface area contributed by atoms with Crippen molar-refractivity contribution in [3.8, 4) is 0 Å². The van der Waals surface area contributed by atoms with Crippen LogP contribution in [0, 0.1) is 0 Å². The van der Waals surface area contributed by atoms with Gasteiger partial charge in [-0.15, -0.1) is 5.10 Å². The van der Waals surface area contributed by atoms with Crippen LogP contribution in [0.1, 0.15) is 19.0 Å². The smallest absolute Gasteiger partial charge is 0.0934 e. The van der Waals surface area contributed by atoms with E-state index in [0.29, 0.717) is 0 Å². The summed E-state index contributed by atoms with van der Waals surface area (Å²) < 4.78 is 6.96. The predicted octanol–water partition coefficient (Wildman–Crippen LogP) is 0.493. The molecule has 0 saturated carbocycles. The Morgan fingerprint density at radius 1 is 1.67 bits per heavy atom. The van der Waals surface area contributed by atoms with E-state index < -0.39 is 0 Å². The lowest BCUT2D eigenvalue weighted by molar-refractivity contribution is -0.0641. The highest BCUT2D eigenvalue weighted by Gasteiger charge is 2.40. The topological polar surface area (TPSA) is 39.9 Å². The van der Waals surface area contributed by atoms with Crippen LogP contribution in [0.4, 0.5) is 0 Å². The third kappa shape index (κ3) is 0.948. The first-order chi connectivity index (χ1) is 5.77. The fraction of sp³-hybridized carbons (Fsp3) is 0.750. The second-order valence-electron chi connectivity index (χ2n) is 3.40. The molecule has 1 aromatic heterocycles. The van der Waals surface area contributed by atoms with Crippen molar-refractivity contribution in [2.24, 2.45) is 7.05 Å². The highest BCUT2D eigenvalue weighted by molar-refractivity contribution is 5.15. The minimum atomic E-state index is 0.161. The molecule has 0 spiro atoms. The zero-order valence-electron chi connectivity index (χ0n) is 7.45. The van der Waals surface area contributed by atoms with Gasteiger partial charge in [-0.3, -0.25) is 4.68 Å². The van der Waals surface area contributed by atoms with Crippen LogP contribution in [0.2, 0.25) is 0 Å². The van der Waals surface area contributed by atoms with E-state index in [-0.39, 0.29) is 5.41 Å². The molecule has 0 N–H and O–H groups in total. The number of nitrogens with zero attached hydrogens (tertiary/aromatic N) is 3. The molecule has 4 nitrogen and oxygen atoms in total. The molecule has 0 amide bonds. The molecular formula is C8H13N3O. The van der Waals surface area contributed by atoms with Crippen molar-refractivity contribution in [3.63, 3.8) is 0 Å². The molecule has 1 aliphatic rings. The number of hydrogen-bond acceptors (Lipinski definition) is 3. The van der Waals surface area contributed by atoms with E-state index >= 15 is 0 Å². The predicted molar refractivity (Wildman–Crippen MR) is 43.8 cm³/mol. The van der Waals surface area contributed by atoms with Gasteiger partial charge in [-0.1, -0.05) is 12.1 Å². The Morgan fingerprint density at radius 2 is 2.42 bits per heavy atom. The molecule has 1 aromatic rings. The molecule has 0 aliphatic carbocycles. The third-order valence-corrected chi connectivity index (χ3v) is 2.58. The summed E-state index contributed by atoms with van der Waals surface area (Å²) in [6.45, 7) is 3.75. The van der Waals surface area contributed by atoms with Crippen molar-refractivity contribution in [2.45, 2.75) is 18.8 Å². The van der Waals surface area contributed by atoms with Gasteiger partial charge < -0.3 is 4.74 Å². The Labute approximate surface area is 71.5 Å². The average Bonchev–Trinajstić information content (AvgIpc) is 2.35. The second-order valence-corrected chi connectivity index (χ2v) is 3.40. The highest BCUT2D eigenvalue weighted by Crippen LogP contribution is 2.33. The van der Waals surface area contributed by atoms with Gasteiger partial charge in [0.25, 0.3) is 0 Å². The molecule has 1 fully saturated rings. The van der Waals surface area contributed by atoms with Crippen LogP contribution in [-0.2, 0) is 17.2 Å². The fourth-order valence-electron chi connectivity index (χ4n) is 1.47. The van der Waals surface area contributed by atoms with E-state index in [2.05, 4.69) is 17.2 Å². The largest absolute Gasteiger partial charge is 0.379 e. The molecule has 1 saturated heterocycles. The molecule has 1 aliphatic heterocycles. The van der Waals surface area contributed by atoms with Gasteiger partial charge in [0.15, 0.2) is 0 Å². The lowest BCUT2D eigenvalue weighted by Gasteiger charge is -2.38. The van der Waals surface area contributed by atoms with Gasteiger partial charge in [-0.2, -0.15) is 0 Å². The van der Waals surface area contributed by atoms with Gasteiger partial charge in [-0.25, -0.2) is 0 Å². The van der Waals surface area contributed by atoms with Crippen LogP contribution < -0.4 is 0 Å². The van der Waals surface area contributed by atoms with Gasteiger partial charge in [0, 0.05) is 13.2 Å². The zero-order chi connectivity index (χ0) is 8.60. The SMILES string of the molecule is CCC1(c2cn(C)nn2)COC1. The molecule has 0 bridgehead atoms. The van der Waals surface area contributed by atoms with Crippen molar-refractivity contribution in [1.29, 1.82) is 0 Å². The van der Waals surface area contributed by atoms with Crippen molar-refractivity contribution in [1.82, 2.24) is 15.0 Å². The van der Waals surface area contributed by atoms with E-state index in [0.717, 1.165) is 25.3 Å². The van der Waals surface area contributed by atoms with E-state index in [4.69, 9.17) is 4.74 Å². The second kappa shape index (κ2) is 2.55. The quantitative estimate of drug-likeness (QED) is 0.643. The van der Waals surface area contributed by atoms with Crippen LogP contribution in [0.25, 0.3) is 0 Å². The minimum absolute atomic E-state index is 0.161. The first-order valence-corrected chi connectivity index (χ1v) is 4.21. The Morgan fingerprint density at radius 3 is 2.75 bits per heavy atom. The van der Waals surface area contributed by atoms with Gasteiger partial charge in [0.1, 0.15) is 0 Å². The van der Waals surface area contributed by atoms with E-state index in [1.165, 1.54) is 0 Å². The van der Waals surface area contributed by atoms with Gasteiger partial charge in [0.2, 0.25) is 0 Å². The maximum Gasteiger partial charge on any atom is 0.0934 e. The van der Waals surface area contributed by atoms with Crippen molar-refractivity contribution >= 4 is 0 Å². The standard InChI is InChI=1S/C8H13N3O/c1-3-8(5-12-6-8)7-4-11(2)10-9-7/h4H,3,5-6H2,1-2H3. The third-order valence-electron chi connectivity index (χ3n) is 2.58. The van der Waals surface area contributed by atoms with E-state index in [1.54, 1.807) is 4.68 Å². The molecule has 0 aromatic carbocycles. The molecule has 2 rings (SSSR count). The monoisotopic (exact) mass is 167 g/mol. The molecular weight excluding hydrogens is 154 g/mol. The lowest BCUT2D eigenvalue weighted by Crippen LogP contribution is -2.46. The summed E-state index contributed by atoms with van der Waals surface area (Å²) in [5.41, 5.74) is 1.23. The number of rotatable bonds is 2. The lowest BCUT2D eigenvalue weighted by atomic mass is 9.80. The maximum absolute atomic E-state index is 5.22. The molecule has 0 radical (unpaired) electrons. The first kappa shape index (κ1) is 7.73. The van der Waals surface area contributed by atoms with Gasteiger partial charge in [0.05, 0.1) is 24.3 Å². The molecule has 66 valence electrons.